The van der Waals surface area contributed by atoms with E-state index in [4.69, 9.17) is 18.6 Å². The minimum absolute atomic E-state index is 0.0262. The van der Waals surface area contributed by atoms with Gasteiger partial charge in [-0.25, -0.2) is 4.79 Å². The lowest BCUT2D eigenvalue weighted by molar-refractivity contribution is -0.140. The SMILES string of the molecule is C=C(C)COc1ccc(C(CC(=O)OC)c2c(O)c3ccccc3oc2=O)cc1OC. The molecule has 162 valence electrons. The summed E-state index contributed by atoms with van der Waals surface area (Å²) in [5.41, 5.74) is 0.899. The van der Waals surface area contributed by atoms with Crippen molar-refractivity contribution in [2.45, 2.75) is 19.3 Å². The van der Waals surface area contributed by atoms with Crippen LogP contribution in [0.1, 0.15) is 30.4 Å². The van der Waals surface area contributed by atoms with Gasteiger partial charge in [-0.1, -0.05) is 24.8 Å². The lowest BCUT2D eigenvalue weighted by Crippen LogP contribution is -2.18. The van der Waals surface area contributed by atoms with Crippen molar-refractivity contribution in [1.29, 1.82) is 0 Å². The molecule has 0 bridgehead atoms. The van der Waals surface area contributed by atoms with Gasteiger partial charge in [-0.15, -0.1) is 0 Å². The zero-order valence-electron chi connectivity index (χ0n) is 17.6. The normalized spacial score (nSPS) is 11.7. The molecule has 0 amide bonds. The Bertz CT molecular complexity index is 1180. The van der Waals surface area contributed by atoms with E-state index in [0.29, 0.717) is 29.1 Å². The highest BCUT2D eigenvalue weighted by atomic mass is 16.5. The lowest BCUT2D eigenvalue weighted by atomic mass is 9.88. The molecule has 0 fully saturated rings. The first-order chi connectivity index (χ1) is 14.8. The van der Waals surface area contributed by atoms with E-state index >= 15 is 0 Å². The second-order valence-electron chi connectivity index (χ2n) is 7.14. The van der Waals surface area contributed by atoms with Gasteiger partial charge in [0.15, 0.2) is 11.5 Å². The summed E-state index contributed by atoms with van der Waals surface area (Å²) in [6.45, 7) is 5.97. The summed E-state index contributed by atoms with van der Waals surface area (Å²) in [5, 5.41) is 11.3. The average Bonchev–Trinajstić information content (AvgIpc) is 2.76. The molecule has 1 unspecified atom stereocenters. The fourth-order valence-electron chi connectivity index (χ4n) is 3.31. The number of benzene rings is 2. The van der Waals surface area contributed by atoms with Crippen molar-refractivity contribution in [2.75, 3.05) is 20.8 Å². The Labute approximate surface area is 179 Å². The first-order valence-electron chi connectivity index (χ1n) is 9.62. The zero-order valence-corrected chi connectivity index (χ0v) is 17.6. The monoisotopic (exact) mass is 424 g/mol. The van der Waals surface area contributed by atoms with Gasteiger partial charge in [-0.3, -0.25) is 4.79 Å². The van der Waals surface area contributed by atoms with Crippen molar-refractivity contribution < 1.29 is 28.5 Å². The molecule has 1 heterocycles. The molecule has 1 atom stereocenters. The quantitative estimate of drug-likeness (QED) is 0.330. The maximum Gasteiger partial charge on any atom is 0.343 e. The van der Waals surface area contributed by atoms with Crippen LogP contribution in [0.25, 0.3) is 11.0 Å². The smallest absolute Gasteiger partial charge is 0.343 e. The highest BCUT2D eigenvalue weighted by Crippen LogP contribution is 2.39. The van der Waals surface area contributed by atoms with Crippen LogP contribution in [-0.4, -0.2) is 31.9 Å². The first kappa shape index (κ1) is 22.0. The van der Waals surface area contributed by atoms with Gasteiger partial charge in [-0.05, 0) is 42.3 Å². The predicted molar refractivity (Wildman–Crippen MR) is 116 cm³/mol. The molecule has 0 aliphatic heterocycles. The number of rotatable bonds is 8. The third kappa shape index (κ3) is 4.71. The molecule has 3 rings (SSSR count). The topological polar surface area (TPSA) is 95.2 Å². The van der Waals surface area contributed by atoms with Crippen LogP contribution in [-0.2, 0) is 9.53 Å². The molecule has 3 aromatic rings. The van der Waals surface area contributed by atoms with Crippen molar-refractivity contribution in [2.24, 2.45) is 0 Å². The second-order valence-corrected chi connectivity index (χ2v) is 7.14. The number of carbonyl (C=O) groups excluding carboxylic acids is 1. The van der Waals surface area contributed by atoms with Crippen molar-refractivity contribution in [3.8, 4) is 17.2 Å². The van der Waals surface area contributed by atoms with Gasteiger partial charge in [0, 0.05) is 5.92 Å². The summed E-state index contributed by atoms with van der Waals surface area (Å²) in [6, 6.07) is 11.7. The first-order valence-corrected chi connectivity index (χ1v) is 9.62. The van der Waals surface area contributed by atoms with Crippen molar-refractivity contribution in [3.63, 3.8) is 0 Å². The Kier molecular flexibility index (Phi) is 6.65. The summed E-state index contributed by atoms with van der Waals surface area (Å²) >= 11 is 0. The summed E-state index contributed by atoms with van der Waals surface area (Å²) in [4.78, 5) is 24.9. The number of hydrogen-bond acceptors (Lipinski definition) is 7. The average molecular weight is 424 g/mol. The Morgan fingerprint density at radius 3 is 2.58 bits per heavy atom. The standard InChI is InChI=1S/C24H24O7/c1-14(2)13-30-19-10-9-15(11-20(19)28-3)17(12-21(25)29-4)22-23(26)16-7-5-6-8-18(16)31-24(22)27/h5-11,17,26H,1,12-13H2,2-4H3. The van der Waals surface area contributed by atoms with E-state index in [1.165, 1.54) is 14.2 Å². The third-order valence-electron chi connectivity index (χ3n) is 4.83. The summed E-state index contributed by atoms with van der Waals surface area (Å²) in [7, 11) is 2.75. The van der Waals surface area contributed by atoms with Gasteiger partial charge in [0.1, 0.15) is 17.9 Å². The van der Waals surface area contributed by atoms with Crippen molar-refractivity contribution in [3.05, 3.63) is 76.2 Å². The van der Waals surface area contributed by atoms with Gasteiger partial charge in [-0.2, -0.15) is 0 Å². The predicted octanol–water partition coefficient (Wildman–Crippen LogP) is 4.16. The van der Waals surface area contributed by atoms with E-state index in [1.54, 1.807) is 42.5 Å². The van der Waals surface area contributed by atoms with E-state index in [0.717, 1.165) is 5.57 Å². The molecule has 0 radical (unpaired) electrons. The molecule has 0 saturated carbocycles. The minimum atomic E-state index is -0.822. The summed E-state index contributed by atoms with van der Waals surface area (Å²) < 4.78 is 21.3. The molecule has 0 spiro atoms. The number of para-hydroxylation sites is 1. The Balaban J connectivity index is 2.15. The fraction of sp³-hybridized carbons (Fsp3) is 0.250. The van der Waals surface area contributed by atoms with E-state index in [2.05, 4.69) is 6.58 Å². The molecule has 0 aliphatic carbocycles. The zero-order chi connectivity index (χ0) is 22.5. The van der Waals surface area contributed by atoms with Crippen LogP contribution < -0.4 is 15.1 Å². The number of aromatic hydroxyl groups is 1. The van der Waals surface area contributed by atoms with Gasteiger partial charge >= 0.3 is 11.6 Å². The van der Waals surface area contributed by atoms with Crippen molar-refractivity contribution in [1.82, 2.24) is 0 Å². The van der Waals surface area contributed by atoms with Gasteiger partial charge in [0.25, 0.3) is 0 Å². The summed E-state index contributed by atoms with van der Waals surface area (Å²) in [6.07, 6.45) is -0.178. The van der Waals surface area contributed by atoms with Crippen LogP contribution in [0.2, 0.25) is 0 Å². The molecule has 31 heavy (non-hydrogen) atoms. The maximum atomic E-state index is 12.8. The molecule has 0 aliphatic rings. The largest absolute Gasteiger partial charge is 0.507 e. The van der Waals surface area contributed by atoms with Gasteiger partial charge in [0.05, 0.1) is 31.6 Å². The third-order valence-corrected chi connectivity index (χ3v) is 4.83. The van der Waals surface area contributed by atoms with E-state index in [9.17, 15) is 14.7 Å². The molecule has 2 aromatic carbocycles. The number of methoxy groups -OCH3 is 2. The Hall–Kier alpha value is -3.74. The van der Waals surface area contributed by atoms with Crippen LogP contribution in [0.3, 0.4) is 0 Å². The van der Waals surface area contributed by atoms with Crippen LogP contribution in [0, 0.1) is 0 Å². The van der Waals surface area contributed by atoms with Crippen LogP contribution >= 0.6 is 0 Å². The molecule has 7 nitrogen and oxygen atoms in total. The molecule has 1 N–H and O–H groups in total. The highest BCUT2D eigenvalue weighted by Gasteiger charge is 2.28. The number of carbonyl (C=O) groups is 1. The van der Waals surface area contributed by atoms with E-state index in [-0.39, 0.29) is 23.3 Å². The fourth-order valence-corrected chi connectivity index (χ4v) is 3.31. The van der Waals surface area contributed by atoms with Crippen LogP contribution in [0.5, 0.6) is 17.2 Å². The molecular weight excluding hydrogens is 400 g/mol. The number of fused-ring (bicyclic) bond motifs is 1. The molecule has 1 aromatic heterocycles. The van der Waals surface area contributed by atoms with Gasteiger partial charge < -0.3 is 23.7 Å². The molecule has 7 heteroatoms. The molecule has 0 saturated heterocycles. The number of esters is 1. The highest BCUT2D eigenvalue weighted by molar-refractivity contribution is 5.84. The van der Waals surface area contributed by atoms with E-state index < -0.39 is 17.5 Å². The number of hydrogen-bond donors (Lipinski definition) is 1. The summed E-state index contributed by atoms with van der Waals surface area (Å²) in [5.74, 6) is -0.697. The van der Waals surface area contributed by atoms with Crippen LogP contribution in [0.15, 0.2) is 63.8 Å². The Morgan fingerprint density at radius 2 is 1.90 bits per heavy atom. The number of ether oxygens (including phenoxy) is 3. The van der Waals surface area contributed by atoms with Crippen molar-refractivity contribution >= 4 is 16.9 Å². The minimum Gasteiger partial charge on any atom is -0.507 e. The Morgan fingerprint density at radius 1 is 1.16 bits per heavy atom. The van der Waals surface area contributed by atoms with E-state index in [1.807, 2.05) is 6.92 Å². The second kappa shape index (κ2) is 9.38. The molecular formula is C24H24O7. The lowest BCUT2D eigenvalue weighted by Gasteiger charge is -2.19. The van der Waals surface area contributed by atoms with Gasteiger partial charge in [0.2, 0.25) is 0 Å². The van der Waals surface area contributed by atoms with Crippen LogP contribution in [0.4, 0.5) is 0 Å². The maximum absolute atomic E-state index is 12.8.